The third kappa shape index (κ3) is 3.79. The molecule has 0 aliphatic carbocycles. The van der Waals surface area contributed by atoms with Gasteiger partial charge in [0.05, 0.1) is 24.8 Å². The lowest BCUT2D eigenvalue weighted by atomic mass is 10.2. The lowest BCUT2D eigenvalue weighted by Crippen LogP contribution is -2.13. The lowest BCUT2D eigenvalue weighted by Gasteiger charge is -2.11. The summed E-state index contributed by atoms with van der Waals surface area (Å²) in [4.78, 5) is 12.4. The first kappa shape index (κ1) is 15.9. The van der Waals surface area contributed by atoms with Gasteiger partial charge in [-0.2, -0.15) is 0 Å². The van der Waals surface area contributed by atoms with Gasteiger partial charge >= 0.3 is 0 Å². The number of halogens is 2. The molecule has 2 aromatic rings. The summed E-state index contributed by atoms with van der Waals surface area (Å²) in [6.45, 7) is 0. The van der Waals surface area contributed by atoms with Crippen LogP contribution in [-0.4, -0.2) is 20.1 Å². The topological polar surface area (TPSA) is 47.6 Å². The van der Waals surface area contributed by atoms with E-state index in [4.69, 9.17) is 21.1 Å². The summed E-state index contributed by atoms with van der Waals surface area (Å²) < 4.78 is 11.2. The highest BCUT2D eigenvalue weighted by molar-refractivity contribution is 14.1. The molecule has 0 fully saturated rings. The SMILES string of the molecule is COc1cccc(NC(=O)c2cc(Cl)c(I)cc2OC)c1. The molecular weight excluding hydrogens is 405 g/mol. The van der Waals surface area contributed by atoms with Crippen molar-refractivity contribution in [3.05, 3.63) is 50.6 Å². The Morgan fingerprint density at radius 3 is 2.62 bits per heavy atom. The zero-order chi connectivity index (χ0) is 15.4. The first-order valence-corrected chi connectivity index (χ1v) is 7.49. The van der Waals surface area contributed by atoms with Gasteiger partial charge in [0.2, 0.25) is 0 Å². The number of methoxy groups -OCH3 is 2. The Morgan fingerprint density at radius 2 is 1.95 bits per heavy atom. The number of amides is 1. The molecule has 0 unspecified atom stereocenters. The van der Waals surface area contributed by atoms with E-state index in [2.05, 4.69) is 27.9 Å². The van der Waals surface area contributed by atoms with Crippen LogP contribution in [0.1, 0.15) is 10.4 Å². The Kier molecular flexibility index (Phi) is 5.30. The summed E-state index contributed by atoms with van der Waals surface area (Å²) in [5, 5.41) is 3.30. The van der Waals surface area contributed by atoms with Crippen LogP contribution >= 0.6 is 34.2 Å². The van der Waals surface area contributed by atoms with E-state index in [0.717, 1.165) is 3.57 Å². The first-order chi connectivity index (χ1) is 10.0. The molecule has 0 spiro atoms. The molecule has 6 heteroatoms. The van der Waals surface area contributed by atoms with Gasteiger partial charge in [0.1, 0.15) is 11.5 Å². The molecule has 4 nitrogen and oxygen atoms in total. The Morgan fingerprint density at radius 1 is 1.19 bits per heavy atom. The minimum atomic E-state index is -0.293. The summed E-state index contributed by atoms with van der Waals surface area (Å²) in [6, 6.07) is 10.4. The molecule has 2 rings (SSSR count). The monoisotopic (exact) mass is 417 g/mol. The van der Waals surface area contributed by atoms with Crippen molar-refractivity contribution in [1.29, 1.82) is 0 Å². The van der Waals surface area contributed by atoms with Gasteiger partial charge in [-0.05, 0) is 46.9 Å². The van der Waals surface area contributed by atoms with E-state index >= 15 is 0 Å². The number of hydrogen-bond donors (Lipinski definition) is 1. The van der Waals surface area contributed by atoms with Crippen molar-refractivity contribution in [2.24, 2.45) is 0 Å². The van der Waals surface area contributed by atoms with Gasteiger partial charge in [0, 0.05) is 15.3 Å². The van der Waals surface area contributed by atoms with Crippen molar-refractivity contribution in [2.75, 3.05) is 19.5 Å². The highest BCUT2D eigenvalue weighted by Crippen LogP contribution is 2.29. The summed E-state index contributed by atoms with van der Waals surface area (Å²) in [5.74, 6) is 0.850. The standard InChI is InChI=1S/C15H13ClINO3/c1-20-10-5-3-4-9(6-10)18-15(19)11-7-12(16)13(17)8-14(11)21-2/h3-8H,1-2H3,(H,18,19). The Balaban J connectivity index is 2.29. The van der Waals surface area contributed by atoms with Crippen molar-refractivity contribution in [2.45, 2.75) is 0 Å². The maximum absolute atomic E-state index is 12.4. The van der Waals surface area contributed by atoms with Gasteiger partial charge in [-0.1, -0.05) is 17.7 Å². The van der Waals surface area contributed by atoms with Crippen LogP contribution in [0.5, 0.6) is 11.5 Å². The second-order valence-electron chi connectivity index (χ2n) is 4.15. The number of anilines is 1. The fraction of sp³-hybridized carbons (Fsp3) is 0.133. The van der Waals surface area contributed by atoms with E-state index in [-0.39, 0.29) is 5.91 Å². The second kappa shape index (κ2) is 7.00. The quantitative estimate of drug-likeness (QED) is 0.758. The molecule has 110 valence electrons. The molecule has 0 aromatic heterocycles. The number of hydrogen-bond acceptors (Lipinski definition) is 3. The third-order valence-electron chi connectivity index (χ3n) is 2.81. The normalized spacial score (nSPS) is 10.1. The van der Waals surface area contributed by atoms with Crippen LogP contribution in [0.4, 0.5) is 5.69 Å². The second-order valence-corrected chi connectivity index (χ2v) is 5.72. The lowest BCUT2D eigenvalue weighted by molar-refractivity contribution is 0.102. The minimum absolute atomic E-state index is 0.293. The summed E-state index contributed by atoms with van der Waals surface area (Å²) in [7, 11) is 3.09. The van der Waals surface area contributed by atoms with Crippen LogP contribution in [0, 0.1) is 3.57 Å². The molecule has 1 N–H and O–H groups in total. The number of carbonyl (C=O) groups is 1. The van der Waals surface area contributed by atoms with Crippen LogP contribution in [0.3, 0.4) is 0 Å². The van der Waals surface area contributed by atoms with Gasteiger partial charge < -0.3 is 14.8 Å². The van der Waals surface area contributed by atoms with Gasteiger partial charge in [0.25, 0.3) is 5.91 Å². The number of nitrogens with one attached hydrogen (secondary N) is 1. The predicted octanol–water partition coefficient (Wildman–Crippen LogP) is 4.21. The zero-order valence-electron chi connectivity index (χ0n) is 11.4. The zero-order valence-corrected chi connectivity index (χ0v) is 14.4. The van der Waals surface area contributed by atoms with Crippen LogP contribution in [0.15, 0.2) is 36.4 Å². The molecule has 0 bridgehead atoms. The molecule has 0 aliphatic heterocycles. The molecule has 0 saturated heterocycles. The maximum Gasteiger partial charge on any atom is 0.259 e. The van der Waals surface area contributed by atoms with Crippen molar-refractivity contribution < 1.29 is 14.3 Å². The molecule has 21 heavy (non-hydrogen) atoms. The largest absolute Gasteiger partial charge is 0.497 e. The van der Waals surface area contributed by atoms with Crippen molar-refractivity contribution in [1.82, 2.24) is 0 Å². The molecule has 1 amide bonds. The third-order valence-corrected chi connectivity index (χ3v) is 4.34. The van der Waals surface area contributed by atoms with E-state index in [0.29, 0.717) is 27.8 Å². The van der Waals surface area contributed by atoms with Crippen molar-refractivity contribution in [3.63, 3.8) is 0 Å². The maximum atomic E-state index is 12.4. The highest BCUT2D eigenvalue weighted by Gasteiger charge is 2.15. The van der Waals surface area contributed by atoms with E-state index in [1.165, 1.54) is 7.11 Å². The Bertz CT molecular complexity index is 676. The molecule has 0 aliphatic rings. The predicted molar refractivity (Wildman–Crippen MR) is 91.7 cm³/mol. The van der Waals surface area contributed by atoms with Gasteiger partial charge in [0.15, 0.2) is 0 Å². The molecule has 0 atom stereocenters. The number of benzene rings is 2. The Labute approximate surface area is 141 Å². The van der Waals surface area contributed by atoms with Crippen LogP contribution in [0.2, 0.25) is 5.02 Å². The van der Waals surface area contributed by atoms with Gasteiger partial charge in [-0.25, -0.2) is 0 Å². The van der Waals surface area contributed by atoms with Gasteiger partial charge in [-0.15, -0.1) is 0 Å². The molecule has 0 radical (unpaired) electrons. The van der Waals surface area contributed by atoms with E-state index in [9.17, 15) is 4.79 Å². The number of ether oxygens (including phenoxy) is 2. The molecule has 2 aromatic carbocycles. The average Bonchev–Trinajstić information content (AvgIpc) is 2.49. The number of carbonyl (C=O) groups excluding carboxylic acids is 1. The van der Waals surface area contributed by atoms with Crippen molar-refractivity contribution in [3.8, 4) is 11.5 Å². The fourth-order valence-electron chi connectivity index (χ4n) is 1.77. The summed E-state index contributed by atoms with van der Waals surface area (Å²) in [5.41, 5.74) is 1.02. The summed E-state index contributed by atoms with van der Waals surface area (Å²) in [6.07, 6.45) is 0. The molecule has 0 saturated carbocycles. The molecular formula is C15H13ClINO3. The number of rotatable bonds is 4. The smallest absolute Gasteiger partial charge is 0.259 e. The van der Waals surface area contributed by atoms with Gasteiger partial charge in [-0.3, -0.25) is 4.79 Å². The summed E-state index contributed by atoms with van der Waals surface area (Å²) >= 11 is 8.16. The van der Waals surface area contributed by atoms with Crippen LogP contribution in [0.25, 0.3) is 0 Å². The van der Waals surface area contributed by atoms with Crippen LogP contribution < -0.4 is 14.8 Å². The first-order valence-electron chi connectivity index (χ1n) is 6.03. The molecule has 0 heterocycles. The highest BCUT2D eigenvalue weighted by atomic mass is 127. The van der Waals surface area contributed by atoms with Crippen LogP contribution in [-0.2, 0) is 0 Å². The van der Waals surface area contributed by atoms with E-state index in [1.807, 2.05) is 0 Å². The minimum Gasteiger partial charge on any atom is -0.497 e. The van der Waals surface area contributed by atoms with E-state index in [1.54, 1.807) is 43.5 Å². The average molecular weight is 418 g/mol. The Hall–Kier alpha value is -1.47. The van der Waals surface area contributed by atoms with E-state index < -0.39 is 0 Å². The van der Waals surface area contributed by atoms with Crippen molar-refractivity contribution >= 4 is 45.8 Å². The fourth-order valence-corrected chi connectivity index (χ4v) is 2.38.